The number of ether oxygens (including phenoxy) is 2. The van der Waals surface area contributed by atoms with Crippen molar-refractivity contribution in [3.05, 3.63) is 48.3 Å². The molecule has 0 unspecified atom stereocenters. The molecule has 27 heavy (non-hydrogen) atoms. The van der Waals surface area contributed by atoms with Gasteiger partial charge in [-0.15, -0.1) is 0 Å². The first kappa shape index (κ1) is 18.0. The molecular weight excluding hydrogens is 343 g/mol. The van der Waals surface area contributed by atoms with E-state index in [1.54, 1.807) is 19.2 Å². The van der Waals surface area contributed by atoms with Crippen LogP contribution in [0.5, 0.6) is 11.5 Å². The van der Waals surface area contributed by atoms with Crippen LogP contribution in [-0.4, -0.2) is 39.4 Å². The average molecular weight is 370 g/mol. The second-order valence-corrected chi connectivity index (χ2v) is 7.31. The number of benzene rings is 2. The zero-order valence-electron chi connectivity index (χ0n) is 15.9. The lowest BCUT2D eigenvalue weighted by molar-refractivity contribution is 0.170. The molecule has 0 atom stereocenters. The maximum atomic E-state index is 14.2. The Bertz CT molecular complexity index is 751. The second kappa shape index (κ2) is 8.07. The first-order valence-corrected chi connectivity index (χ1v) is 9.83. The summed E-state index contributed by atoms with van der Waals surface area (Å²) in [4.78, 5) is 4.50. The summed E-state index contributed by atoms with van der Waals surface area (Å²) in [5.41, 5.74) is 1.89. The van der Waals surface area contributed by atoms with Gasteiger partial charge in [0, 0.05) is 50.8 Å². The van der Waals surface area contributed by atoms with E-state index in [-0.39, 0.29) is 11.9 Å². The summed E-state index contributed by atoms with van der Waals surface area (Å²) in [6.45, 7) is 3.86. The standard InChI is InChI=1S/C22H27FN2O2/c1-26-20-8-9-21(23)22(16-20)25-14-10-19(11-15-25)27-18-6-4-17(5-7-18)24-12-2-3-13-24/h4-9,16,19H,2-3,10-15H2,1H3. The zero-order chi connectivity index (χ0) is 18.6. The normalized spacial score (nSPS) is 18.0. The molecular formula is C22H27FN2O2. The van der Waals surface area contributed by atoms with E-state index < -0.39 is 0 Å². The van der Waals surface area contributed by atoms with Crippen LogP contribution in [0.15, 0.2) is 42.5 Å². The molecule has 2 saturated heterocycles. The van der Waals surface area contributed by atoms with Gasteiger partial charge < -0.3 is 19.3 Å². The highest BCUT2D eigenvalue weighted by molar-refractivity contribution is 5.52. The highest BCUT2D eigenvalue weighted by Gasteiger charge is 2.23. The third kappa shape index (κ3) is 4.12. The largest absolute Gasteiger partial charge is 0.497 e. The van der Waals surface area contributed by atoms with Gasteiger partial charge in [-0.05, 0) is 49.2 Å². The van der Waals surface area contributed by atoms with Gasteiger partial charge in [0.2, 0.25) is 0 Å². The van der Waals surface area contributed by atoms with Crippen molar-refractivity contribution in [1.82, 2.24) is 0 Å². The van der Waals surface area contributed by atoms with Gasteiger partial charge in [0.15, 0.2) is 0 Å². The minimum absolute atomic E-state index is 0.174. The molecule has 4 rings (SSSR count). The topological polar surface area (TPSA) is 24.9 Å². The summed E-state index contributed by atoms with van der Waals surface area (Å²) < 4.78 is 25.6. The van der Waals surface area contributed by atoms with Gasteiger partial charge >= 0.3 is 0 Å². The molecule has 0 radical (unpaired) electrons. The predicted octanol–water partition coefficient (Wildman–Crippen LogP) is 4.48. The van der Waals surface area contributed by atoms with Gasteiger partial charge in [0.1, 0.15) is 23.4 Å². The van der Waals surface area contributed by atoms with Crippen molar-refractivity contribution in [2.45, 2.75) is 31.8 Å². The average Bonchev–Trinajstić information content (AvgIpc) is 3.25. The van der Waals surface area contributed by atoms with Crippen molar-refractivity contribution in [3.8, 4) is 11.5 Å². The quantitative estimate of drug-likeness (QED) is 0.775. The number of hydrogen-bond acceptors (Lipinski definition) is 4. The Labute approximate surface area is 160 Å². The number of hydrogen-bond donors (Lipinski definition) is 0. The maximum absolute atomic E-state index is 14.2. The van der Waals surface area contributed by atoms with Crippen LogP contribution in [0.3, 0.4) is 0 Å². The molecule has 2 aliphatic rings. The Kier molecular flexibility index (Phi) is 5.37. The van der Waals surface area contributed by atoms with E-state index in [9.17, 15) is 4.39 Å². The Balaban J connectivity index is 1.33. The molecule has 0 amide bonds. The summed E-state index contributed by atoms with van der Waals surface area (Å²) in [5.74, 6) is 1.40. The van der Waals surface area contributed by atoms with Gasteiger partial charge in [-0.3, -0.25) is 0 Å². The van der Waals surface area contributed by atoms with Gasteiger partial charge in [-0.1, -0.05) is 0 Å². The molecule has 0 bridgehead atoms. The van der Waals surface area contributed by atoms with Crippen LogP contribution >= 0.6 is 0 Å². The van der Waals surface area contributed by atoms with Crippen molar-refractivity contribution >= 4 is 11.4 Å². The zero-order valence-corrected chi connectivity index (χ0v) is 15.9. The summed E-state index contributed by atoms with van der Waals surface area (Å²) >= 11 is 0. The molecule has 5 heteroatoms. The highest BCUT2D eigenvalue weighted by Crippen LogP contribution is 2.29. The third-order valence-electron chi connectivity index (χ3n) is 5.55. The van der Waals surface area contributed by atoms with Gasteiger partial charge in [0.05, 0.1) is 12.8 Å². The molecule has 0 aromatic heterocycles. The molecule has 2 heterocycles. The van der Waals surface area contributed by atoms with Crippen LogP contribution in [0.4, 0.5) is 15.8 Å². The van der Waals surface area contributed by atoms with Crippen LogP contribution < -0.4 is 19.3 Å². The second-order valence-electron chi connectivity index (χ2n) is 7.31. The fourth-order valence-corrected chi connectivity index (χ4v) is 3.98. The SMILES string of the molecule is COc1ccc(F)c(N2CCC(Oc3ccc(N4CCCC4)cc3)CC2)c1. The molecule has 144 valence electrons. The van der Waals surface area contributed by atoms with Crippen molar-refractivity contribution in [1.29, 1.82) is 0 Å². The van der Waals surface area contributed by atoms with E-state index in [4.69, 9.17) is 9.47 Å². The molecule has 4 nitrogen and oxygen atoms in total. The number of methoxy groups -OCH3 is 1. The van der Waals surface area contributed by atoms with Gasteiger partial charge in [-0.2, -0.15) is 0 Å². The molecule has 2 aliphatic heterocycles. The number of nitrogens with zero attached hydrogens (tertiary/aromatic N) is 2. The molecule has 0 spiro atoms. The van der Waals surface area contributed by atoms with Crippen molar-refractivity contribution < 1.29 is 13.9 Å². The van der Waals surface area contributed by atoms with Crippen LogP contribution in [0.1, 0.15) is 25.7 Å². The van der Waals surface area contributed by atoms with Gasteiger partial charge in [0.25, 0.3) is 0 Å². The molecule has 2 fully saturated rings. The summed E-state index contributed by atoms with van der Waals surface area (Å²) in [5, 5.41) is 0. The maximum Gasteiger partial charge on any atom is 0.146 e. The third-order valence-corrected chi connectivity index (χ3v) is 5.55. The van der Waals surface area contributed by atoms with Crippen molar-refractivity contribution in [2.75, 3.05) is 43.1 Å². The minimum Gasteiger partial charge on any atom is -0.497 e. The first-order valence-electron chi connectivity index (χ1n) is 9.83. The Morgan fingerprint density at radius 1 is 0.852 bits per heavy atom. The lowest BCUT2D eigenvalue weighted by atomic mass is 10.1. The monoisotopic (exact) mass is 370 g/mol. The molecule has 2 aromatic carbocycles. The fraction of sp³-hybridized carbons (Fsp3) is 0.455. The number of anilines is 2. The number of piperidine rings is 1. The molecule has 2 aromatic rings. The molecule has 0 saturated carbocycles. The summed E-state index contributed by atoms with van der Waals surface area (Å²) in [6.07, 6.45) is 4.50. The fourth-order valence-electron chi connectivity index (χ4n) is 3.98. The van der Waals surface area contributed by atoms with E-state index in [2.05, 4.69) is 34.1 Å². The Morgan fingerprint density at radius 3 is 2.19 bits per heavy atom. The Hall–Kier alpha value is -2.43. The van der Waals surface area contributed by atoms with Crippen LogP contribution in [0.25, 0.3) is 0 Å². The number of rotatable bonds is 5. The lowest BCUT2D eigenvalue weighted by Gasteiger charge is -2.34. The Morgan fingerprint density at radius 2 is 1.52 bits per heavy atom. The minimum atomic E-state index is -0.201. The van der Waals surface area contributed by atoms with Crippen LogP contribution in [-0.2, 0) is 0 Å². The molecule has 0 aliphatic carbocycles. The lowest BCUT2D eigenvalue weighted by Crippen LogP contribution is -2.38. The van der Waals surface area contributed by atoms with E-state index >= 15 is 0 Å². The van der Waals surface area contributed by atoms with E-state index in [1.165, 1.54) is 24.6 Å². The van der Waals surface area contributed by atoms with Crippen LogP contribution in [0, 0.1) is 5.82 Å². The number of halogens is 1. The smallest absolute Gasteiger partial charge is 0.146 e. The first-order chi connectivity index (χ1) is 13.2. The van der Waals surface area contributed by atoms with E-state index in [0.29, 0.717) is 11.4 Å². The highest BCUT2D eigenvalue weighted by atomic mass is 19.1. The van der Waals surface area contributed by atoms with Crippen molar-refractivity contribution in [3.63, 3.8) is 0 Å². The van der Waals surface area contributed by atoms with Crippen molar-refractivity contribution in [2.24, 2.45) is 0 Å². The van der Waals surface area contributed by atoms with E-state index in [0.717, 1.165) is 44.8 Å². The molecule has 0 N–H and O–H groups in total. The van der Waals surface area contributed by atoms with E-state index in [1.807, 2.05) is 0 Å². The predicted molar refractivity (Wildman–Crippen MR) is 107 cm³/mol. The summed E-state index contributed by atoms with van der Waals surface area (Å²) in [6, 6.07) is 13.3. The van der Waals surface area contributed by atoms with Crippen LogP contribution in [0.2, 0.25) is 0 Å². The summed E-state index contributed by atoms with van der Waals surface area (Å²) in [7, 11) is 1.60. The van der Waals surface area contributed by atoms with Gasteiger partial charge in [-0.25, -0.2) is 4.39 Å².